The van der Waals surface area contributed by atoms with Crippen molar-refractivity contribution in [2.75, 3.05) is 18.4 Å². The molecule has 0 spiro atoms. The van der Waals surface area contributed by atoms with Gasteiger partial charge in [-0.2, -0.15) is 5.10 Å². The zero-order valence-corrected chi connectivity index (χ0v) is 12.5. The molecule has 23 heavy (non-hydrogen) atoms. The third-order valence-corrected chi connectivity index (χ3v) is 3.83. The normalized spacial score (nSPS) is 18.0. The summed E-state index contributed by atoms with van der Waals surface area (Å²) >= 11 is 0. The minimum absolute atomic E-state index is 0.00769. The topological polar surface area (TPSA) is 63.1 Å². The highest BCUT2D eigenvalue weighted by atomic mass is 19.2. The van der Waals surface area contributed by atoms with Crippen LogP contribution in [-0.2, 0) is 11.3 Å². The molecule has 1 fully saturated rings. The Kier molecular flexibility index (Phi) is 4.50. The minimum Gasteiger partial charge on any atom is -0.380 e. The van der Waals surface area contributed by atoms with Crippen molar-refractivity contribution in [2.45, 2.75) is 25.4 Å². The lowest BCUT2D eigenvalue weighted by Gasteiger charge is -2.33. The highest BCUT2D eigenvalue weighted by Crippen LogP contribution is 2.18. The van der Waals surface area contributed by atoms with Crippen LogP contribution in [0.4, 0.5) is 14.5 Å². The molecular formula is C15H17F2N5O. The average molecular weight is 321 g/mol. The van der Waals surface area contributed by atoms with Crippen molar-refractivity contribution in [1.82, 2.24) is 19.7 Å². The predicted octanol–water partition coefficient (Wildman–Crippen LogP) is 1.66. The van der Waals surface area contributed by atoms with Crippen molar-refractivity contribution in [2.24, 2.45) is 0 Å². The number of nitrogens with one attached hydrogen (secondary N) is 1. The molecule has 1 aliphatic rings. The van der Waals surface area contributed by atoms with Crippen molar-refractivity contribution < 1.29 is 13.6 Å². The summed E-state index contributed by atoms with van der Waals surface area (Å²) in [6.45, 7) is 1.36. The Labute approximate surface area is 132 Å². The molecule has 8 heteroatoms. The van der Waals surface area contributed by atoms with Gasteiger partial charge in [0.25, 0.3) is 0 Å². The Hall–Kier alpha value is -2.51. The van der Waals surface area contributed by atoms with Crippen molar-refractivity contribution in [1.29, 1.82) is 0 Å². The third-order valence-electron chi connectivity index (χ3n) is 3.83. The van der Waals surface area contributed by atoms with E-state index in [4.69, 9.17) is 0 Å². The van der Waals surface area contributed by atoms with Gasteiger partial charge in [0.1, 0.15) is 19.2 Å². The van der Waals surface area contributed by atoms with Crippen LogP contribution in [-0.4, -0.2) is 44.7 Å². The molecule has 2 heterocycles. The molecule has 0 bridgehead atoms. The Morgan fingerprint density at radius 1 is 1.35 bits per heavy atom. The average Bonchev–Trinajstić information content (AvgIpc) is 3.04. The number of benzene rings is 1. The summed E-state index contributed by atoms with van der Waals surface area (Å²) in [5, 5.41) is 7.08. The number of carbonyl (C=O) groups is 1. The SMILES string of the molecule is O=C(Cn1cncn1)N1CCCC(Nc2ccc(F)c(F)c2)C1. The van der Waals surface area contributed by atoms with E-state index in [1.165, 1.54) is 23.4 Å². The maximum atomic E-state index is 13.3. The number of halogens is 2. The van der Waals surface area contributed by atoms with Crippen LogP contribution in [0, 0.1) is 11.6 Å². The molecule has 0 saturated carbocycles. The summed E-state index contributed by atoms with van der Waals surface area (Å²) in [5.74, 6) is -1.79. The molecular weight excluding hydrogens is 304 g/mol. The van der Waals surface area contributed by atoms with Crippen LogP contribution in [0.1, 0.15) is 12.8 Å². The van der Waals surface area contributed by atoms with Crippen LogP contribution >= 0.6 is 0 Å². The fourth-order valence-corrected chi connectivity index (χ4v) is 2.70. The number of amides is 1. The lowest BCUT2D eigenvalue weighted by Crippen LogP contribution is -2.46. The van der Waals surface area contributed by atoms with Gasteiger partial charge in [0.15, 0.2) is 11.6 Å². The largest absolute Gasteiger partial charge is 0.380 e. The smallest absolute Gasteiger partial charge is 0.244 e. The summed E-state index contributed by atoms with van der Waals surface area (Å²) in [7, 11) is 0. The van der Waals surface area contributed by atoms with Gasteiger partial charge in [-0.15, -0.1) is 0 Å². The molecule has 1 aliphatic heterocycles. The van der Waals surface area contributed by atoms with E-state index in [9.17, 15) is 13.6 Å². The highest BCUT2D eigenvalue weighted by molar-refractivity contribution is 5.76. The van der Waals surface area contributed by atoms with Crippen LogP contribution in [0.3, 0.4) is 0 Å². The van der Waals surface area contributed by atoms with Crippen molar-refractivity contribution >= 4 is 11.6 Å². The first kappa shape index (κ1) is 15.4. The number of carbonyl (C=O) groups excluding carboxylic acids is 1. The molecule has 0 aliphatic carbocycles. The van der Waals surface area contributed by atoms with E-state index in [0.29, 0.717) is 18.8 Å². The number of aromatic nitrogens is 3. The van der Waals surface area contributed by atoms with E-state index >= 15 is 0 Å². The zero-order valence-electron chi connectivity index (χ0n) is 12.5. The number of piperidine rings is 1. The molecule has 1 N–H and O–H groups in total. The van der Waals surface area contributed by atoms with Gasteiger partial charge in [-0.05, 0) is 25.0 Å². The summed E-state index contributed by atoms with van der Waals surface area (Å²) in [6, 6.07) is 3.72. The van der Waals surface area contributed by atoms with Crippen molar-refractivity contribution in [3.05, 3.63) is 42.5 Å². The monoisotopic (exact) mass is 321 g/mol. The first-order valence-corrected chi connectivity index (χ1v) is 7.43. The molecule has 1 saturated heterocycles. The molecule has 1 aromatic heterocycles. The number of nitrogens with zero attached hydrogens (tertiary/aromatic N) is 4. The van der Waals surface area contributed by atoms with E-state index in [0.717, 1.165) is 25.0 Å². The van der Waals surface area contributed by atoms with Crippen LogP contribution in [0.2, 0.25) is 0 Å². The molecule has 1 amide bonds. The van der Waals surface area contributed by atoms with Gasteiger partial charge in [-0.1, -0.05) is 0 Å². The molecule has 6 nitrogen and oxygen atoms in total. The molecule has 0 radical (unpaired) electrons. The summed E-state index contributed by atoms with van der Waals surface area (Å²) in [4.78, 5) is 17.8. The lowest BCUT2D eigenvalue weighted by atomic mass is 10.1. The summed E-state index contributed by atoms with van der Waals surface area (Å²) in [5.41, 5.74) is 0.513. The minimum atomic E-state index is -0.884. The summed E-state index contributed by atoms with van der Waals surface area (Å²) < 4.78 is 27.7. The lowest BCUT2D eigenvalue weighted by molar-refractivity contribution is -0.133. The highest BCUT2D eigenvalue weighted by Gasteiger charge is 2.24. The fraction of sp³-hybridized carbons (Fsp3) is 0.400. The van der Waals surface area contributed by atoms with Crippen molar-refractivity contribution in [3.8, 4) is 0 Å². The number of hydrogen-bond donors (Lipinski definition) is 1. The quantitative estimate of drug-likeness (QED) is 0.930. The van der Waals surface area contributed by atoms with Crippen molar-refractivity contribution in [3.63, 3.8) is 0 Å². The fourth-order valence-electron chi connectivity index (χ4n) is 2.70. The molecule has 1 aromatic carbocycles. The van der Waals surface area contributed by atoms with Gasteiger partial charge >= 0.3 is 0 Å². The van der Waals surface area contributed by atoms with E-state index in [1.807, 2.05) is 0 Å². The third kappa shape index (κ3) is 3.82. The Morgan fingerprint density at radius 3 is 2.96 bits per heavy atom. The molecule has 1 unspecified atom stereocenters. The second-order valence-corrected chi connectivity index (χ2v) is 5.55. The van der Waals surface area contributed by atoms with E-state index in [-0.39, 0.29) is 18.5 Å². The van der Waals surface area contributed by atoms with E-state index in [2.05, 4.69) is 15.4 Å². The first-order chi connectivity index (χ1) is 11.1. The predicted molar refractivity (Wildman–Crippen MR) is 79.6 cm³/mol. The number of likely N-dealkylation sites (tertiary alicyclic amines) is 1. The van der Waals surface area contributed by atoms with E-state index < -0.39 is 11.6 Å². The van der Waals surface area contributed by atoms with Gasteiger partial charge in [-0.25, -0.2) is 18.4 Å². The van der Waals surface area contributed by atoms with Gasteiger partial charge < -0.3 is 10.2 Å². The van der Waals surface area contributed by atoms with Gasteiger partial charge in [0.05, 0.1) is 0 Å². The zero-order chi connectivity index (χ0) is 16.2. The maximum absolute atomic E-state index is 13.3. The van der Waals surface area contributed by atoms with Gasteiger partial charge in [-0.3, -0.25) is 4.79 Å². The first-order valence-electron chi connectivity index (χ1n) is 7.43. The number of rotatable bonds is 4. The Balaban J connectivity index is 1.59. The standard InChI is InChI=1S/C15H17F2N5O/c16-13-4-3-11(6-14(13)17)20-12-2-1-5-21(7-12)15(23)8-22-10-18-9-19-22/h3-4,6,9-10,12,20H,1-2,5,7-8H2. The van der Waals surface area contributed by atoms with Gasteiger partial charge in [0.2, 0.25) is 5.91 Å². The van der Waals surface area contributed by atoms with Crippen LogP contribution in [0.5, 0.6) is 0 Å². The van der Waals surface area contributed by atoms with Gasteiger partial charge in [0, 0.05) is 30.9 Å². The maximum Gasteiger partial charge on any atom is 0.244 e. The molecule has 2 aromatic rings. The van der Waals surface area contributed by atoms with Crippen LogP contribution in [0.15, 0.2) is 30.9 Å². The summed E-state index contributed by atoms with van der Waals surface area (Å²) in [6.07, 6.45) is 4.60. The second-order valence-electron chi connectivity index (χ2n) is 5.55. The Morgan fingerprint density at radius 2 is 2.22 bits per heavy atom. The van der Waals surface area contributed by atoms with Crippen LogP contribution < -0.4 is 5.32 Å². The number of anilines is 1. The molecule has 1 atom stereocenters. The molecule has 122 valence electrons. The molecule has 3 rings (SSSR count). The second kappa shape index (κ2) is 6.72. The van der Waals surface area contributed by atoms with Crippen LogP contribution in [0.25, 0.3) is 0 Å². The van der Waals surface area contributed by atoms with E-state index in [1.54, 1.807) is 4.90 Å². The number of hydrogen-bond acceptors (Lipinski definition) is 4. The Bertz CT molecular complexity index is 677.